The monoisotopic (exact) mass is 265 g/mol. The summed E-state index contributed by atoms with van der Waals surface area (Å²) in [6, 6.07) is 2.22. The van der Waals surface area contributed by atoms with Crippen molar-refractivity contribution in [2.45, 2.75) is 39.3 Å². The van der Waals surface area contributed by atoms with Crippen LogP contribution in [0, 0.1) is 5.41 Å². The van der Waals surface area contributed by atoms with Crippen molar-refractivity contribution >= 4 is 17.6 Å². The molecule has 0 bridgehead atoms. The van der Waals surface area contributed by atoms with Crippen LogP contribution in [0.15, 0.2) is 6.07 Å². The average Bonchev–Trinajstić information content (AvgIpc) is 2.33. The maximum atomic E-state index is 5.72. The molecular weight excluding hydrogens is 242 g/mol. The summed E-state index contributed by atoms with van der Waals surface area (Å²) in [7, 11) is 1.76. The molecule has 2 unspecified atom stereocenters. The highest BCUT2D eigenvalue weighted by molar-refractivity contribution is 5.52. The maximum absolute atomic E-state index is 5.72. The lowest BCUT2D eigenvalue weighted by atomic mass is 9.64. The van der Waals surface area contributed by atoms with Gasteiger partial charge in [-0.25, -0.2) is 0 Å². The number of hydrogen-bond acceptors (Lipinski definition) is 6. The summed E-state index contributed by atoms with van der Waals surface area (Å²) >= 11 is 0. The van der Waals surface area contributed by atoms with Crippen molar-refractivity contribution in [3.63, 3.8) is 0 Å². The fourth-order valence-corrected chi connectivity index (χ4v) is 2.52. The summed E-state index contributed by atoms with van der Waals surface area (Å²) in [5.74, 6) is 1.79. The molecule has 0 aliphatic heterocycles. The number of nitrogen functional groups attached to an aromatic ring is 1. The zero-order valence-electron chi connectivity index (χ0n) is 12.0. The summed E-state index contributed by atoms with van der Waals surface area (Å²) in [6.07, 6.45) is 1.27. The van der Waals surface area contributed by atoms with Gasteiger partial charge in [0.05, 0.1) is 6.10 Å². The van der Waals surface area contributed by atoms with Gasteiger partial charge in [-0.1, -0.05) is 13.8 Å². The van der Waals surface area contributed by atoms with Gasteiger partial charge in [0.1, 0.15) is 11.6 Å². The van der Waals surface area contributed by atoms with Gasteiger partial charge in [0.2, 0.25) is 5.95 Å². The standard InChI is InChI=1S/C13H23N5O/c1-5-15-10-7-11(18-12(14)17-10)16-8-6-9(19-4)13(8,2)3/h7-9H,5-6H2,1-4H3,(H4,14,15,16,17,18). The molecule has 1 aromatic rings. The van der Waals surface area contributed by atoms with E-state index >= 15 is 0 Å². The number of rotatable bonds is 5. The zero-order chi connectivity index (χ0) is 14.0. The Bertz CT molecular complexity index is 449. The van der Waals surface area contributed by atoms with E-state index in [0.717, 1.165) is 24.6 Å². The molecule has 1 aliphatic carbocycles. The molecule has 1 saturated carbocycles. The van der Waals surface area contributed by atoms with Crippen molar-refractivity contribution in [2.24, 2.45) is 5.41 Å². The van der Waals surface area contributed by atoms with Gasteiger partial charge in [0.15, 0.2) is 0 Å². The molecule has 6 nitrogen and oxygen atoms in total. The predicted molar refractivity (Wildman–Crippen MR) is 77.2 cm³/mol. The van der Waals surface area contributed by atoms with E-state index in [1.807, 2.05) is 13.0 Å². The highest BCUT2D eigenvalue weighted by atomic mass is 16.5. The van der Waals surface area contributed by atoms with Gasteiger partial charge in [0.25, 0.3) is 0 Å². The van der Waals surface area contributed by atoms with Crippen LogP contribution in [0.5, 0.6) is 0 Å². The second-order valence-electron chi connectivity index (χ2n) is 5.51. The van der Waals surface area contributed by atoms with Gasteiger partial charge in [-0.15, -0.1) is 0 Å². The number of nitrogens with zero attached hydrogens (tertiary/aromatic N) is 2. The third kappa shape index (κ3) is 2.73. The normalized spacial score (nSPS) is 24.6. The van der Waals surface area contributed by atoms with E-state index in [0.29, 0.717) is 6.04 Å². The number of nitrogens with two attached hydrogens (primary N) is 1. The molecule has 4 N–H and O–H groups in total. The molecule has 0 radical (unpaired) electrons. The minimum Gasteiger partial charge on any atom is -0.381 e. The number of hydrogen-bond donors (Lipinski definition) is 3. The van der Waals surface area contributed by atoms with E-state index in [4.69, 9.17) is 10.5 Å². The Morgan fingerprint density at radius 1 is 1.42 bits per heavy atom. The minimum atomic E-state index is 0.0901. The maximum Gasteiger partial charge on any atom is 0.223 e. The topological polar surface area (TPSA) is 85.1 Å². The second-order valence-corrected chi connectivity index (χ2v) is 5.51. The van der Waals surface area contributed by atoms with Crippen LogP contribution in [0.4, 0.5) is 17.6 Å². The molecular formula is C13H23N5O. The molecule has 1 fully saturated rings. The molecule has 2 atom stereocenters. The van der Waals surface area contributed by atoms with Crippen LogP contribution in [-0.4, -0.2) is 35.8 Å². The fourth-order valence-electron chi connectivity index (χ4n) is 2.52. The van der Waals surface area contributed by atoms with Crippen molar-refractivity contribution in [2.75, 3.05) is 30.0 Å². The summed E-state index contributed by atoms with van der Waals surface area (Å²) in [4.78, 5) is 8.36. The lowest BCUT2D eigenvalue weighted by molar-refractivity contribution is -0.0795. The highest BCUT2D eigenvalue weighted by Crippen LogP contribution is 2.43. The number of methoxy groups -OCH3 is 1. The van der Waals surface area contributed by atoms with Crippen LogP contribution in [0.3, 0.4) is 0 Å². The third-order valence-electron chi connectivity index (χ3n) is 3.89. The quantitative estimate of drug-likeness (QED) is 0.751. The van der Waals surface area contributed by atoms with Gasteiger partial charge < -0.3 is 21.1 Å². The van der Waals surface area contributed by atoms with Crippen LogP contribution < -0.4 is 16.4 Å². The first-order chi connectivity index (χ1) is 8.97. The second kappa shape index (κ2) is 5.21. The van der Waals surface area contributed by atoms with Gasteiger partial charge in [-0.2, -0.15) is 9.97 Å². The van der Waals surface area contributed by atoms with Gasteiger partial charge in [-0.05, 0) is 13.3 Å². The number of anilines is 3. The van der Waals surface area contributed by atoms with Gasteiger partial charge in [-0.3, -0.25) is 0 Å². The van der Waals surface area contributed by atoms with Crippen LogP contribution in [0.25, 0.3) is 0 Å². The van der Waals surface area contributed by atoms with Gasteiger partial charge in [0, 0.05) is 31.2 Å². The van der Waals surface area contributed by atoms with Crippen LogP contribution in [-0.2, 0) is 4.74 Å². The number of ether oxygens (including phenoxy) is 1. The first-order valence-electron chi connectivity index (χ1n) is 6.65. The summed E-state index contributed by atoms with van der Waals surface area (Å²) < 4.78 is 5.45. The van der Waals surface area contributed by atoms with Crippen molar-refractivity contribution in [1.29, 1.82) is 0 Å². The van der Waals surface area contributed by atoms with Gasteiger partial charge >= 0.3 is 0 Å². The first-order valence-corrected chi connectivity index (χ1v) is 6.65. The SMILES string of the molecule is CCNc1cc(NC2CC(OC)C2(C)C)nc(N)n1. The molecule has 2 rings (SSSR count). The van der Waals surface area contributed by atoms with Crippen molar-refractivity contribution in [3.8, 4) is 0 Å². The van der Waals surface area contributed by atoms with E-state index in [2.05, 4.69) is 34.4 Å². The van der Waals surface area contributed by atoms with E-state index in [1.165, 1.54) is 0 Å². The van der Waals surface area contributed by atoms with E-state index in [1.54, 1.807) is 7.11 Å². The van der Waals surface area contributed by atoms with E-state index < -0.39 is 0 Å². The molecule has 1 aromatic heterocycles. The average molecular weight is 265 g/mol. The highest BCUT2D eigenvalue weighted by Gasteiger charge is 2.48. The Kier molecular flexibility index (Phi) is 3.80. The zero-order valence-corrected chi connectivity index (χ0v) is 12.0. The Labute approximate surface area is 114 Å². The van der Waals surface area contributed by atoms with E-state index in [9.17, 15) is 0 Å². The van der Waals surface area contributed by atoms with Crippen LogP contribution >= 0.6 is 0 Å². The molecule has 6 heteroatoms. The molecule has 0 aromatic carbocycles. The summed E-state index contributed by atoms with van der Waals surface area (Å²) in [6.45, 7) is 7.20. The molecule has 1 heterocycles. The Morgan fingerprint density at radius 3 is 2.68 bits per heavy atom. The van der Waals surface area contributed by atoms with Crippen LogP contribution in [0.2, 0.25) is 0 Å². The fraction of sp³-hybridized carbons (Fsp3) is 0.692. The molecule has 0 amide bonds. The van der Waals surface area contributed by atoms with Crippen molar-refractivity contribution < 1.29 is 4.74 Å². The summed E-state index contributed by atoms with van der Waals surface area (Å²) in [5, 5.41) is 6.56. The smallest absolute Gasteiger partial charge is 0.223 e. The summed E-state index contributed by atoms with van der Waals surface area (Å²) in [5.41, 5.74) is 5.81. The third-order valence-corrected chi connectivity index (χ3v) is 3.89. The Hall–Kier alpha value is -1.56. The molecule has 19 heavy (non-hydrogen) atoms. The number of aromatic nitrogens is 2. The van der Waals surface area contributed by atoms with Crippen molar-refractivity contribution in [3.05, 3.63) is 6.07 Å². The number of nitrogens with one attached hydrogen (secondary N) is 2. The molecule has 106 valence electrons. The Balaban J connectivity index is 2.08. The minimum absolute atomic E-state index is 0.0901. The molecule has 0 saturated heterocycles. The molecule has 1 aliphatic rings. The Morgan fingerprint density at radius 2 is 2.11 bits per heavy atom. The predicted octanol–water partition coefficient (Wildman–Crippen LogP) is 1.72. The lowest BCUT2D eigenvalue weighted by Gasteiger charge is -2.51. The lowest BCUT2D eigenvalue weighted by Crippen LogP contribution is -2.57. The van der Waals surface area contributed by atoms with Crippen LogP contribution in [0.1, 0.15) is 27.2 Å². The first kappa shape index (κ1) is 13.9. The largest absolute Gasteiger partial charge is 0.381 e. The van der Waals surface area contributed by atoms with Crippen molar-refractivity contribution in [1.82, 2.24) is 9.97 Å². The molecule has 0 spiro atoms. The van der Waals surface area contributed by atoms with E-state index in [-0.39, 0.29) is 17.5 Å².